The lowest BCUT2D eigenvalue weighted by molar-refractivity contribution is -0.276. The summed E-state index contributed by atoms with van der Waals surface area (Å²) in [5.41, 5.74) is 0. The smallest absolute Gasteiger partial charge is 0.306 e. The number of rotatable bonds is 15. The predicted octanol–water partition coefficient (Wildman–Crippen LogP) is 2.27. The molecule has 2 unspecified atom stereocenters. The van der Waals surface area contributed by atoms with E-state index in [-0.39, 0.29) is 43.9 Å². The minimum Gasteiger partial charge on any atom is -0.481 e. The lowest BCUT2D eigenvalue weighted by Gasteiger charge is -2.38. The third-order valence-electron chi connectivity index (χ3n) is 6.86. The van der Waals surface area contributed by atoms with Crippen LogP contribution in [-0.2, 0) is 33.3 Å². The van der Waals surface area contributed by atoms with Gasteiger partial charge in [0.05, 0.1) is 30.5 Å². The Hall–Kier alpha value is -1.34. The van der Waals surface area contributed by atoms with E-state index in [4.69, 9.17) is 28.8 Å². The van der Waals surface area contributed by atoms with Gasteiger partial charge in [-0.15, -0.1) is 0 Å². The van der Waals surface area contributed by atoms with Crippen LogP contribution in [0.3, 0.4) is 0 Å². The van der Waals surface area contributed by atoms with Crippen molar-refractivity contribution in [1.82, 2.24) is 0 Å². The van der Waals surface area contributed by atoms with Crippen molar-refractivity contribution in [3.8, 4) is 0 Å². The van der Waals surface area contributed by atoms with E-state index in [2.05, 4.69) is 0 Å². The van der Waals surface area contributed by atoms with E-state index < -0.39 is 55.2 Å². The molecule has 11 nitrogen and oxygen atoms in total. The SMILES string of the molecule is CC1O[C@@H](O[C@H](C)CCCCC(=O)O[C@@H]2C[C@H](O)[C@H](O[C@H](C)CCCCC(=O)O)OC2C)[C@@H](O)C[C@H]1O. The number of carboxylic acid groups (broad SMARTS) is 1. The number of aliphatic hydroxyl groups is 3. The first kappa shape index (κ1) is 31.9. The molecule has 2 aliphatic heterocycles. The topological polar surface area (TPSA) is 161 Å². The summed E-state index contributed by atoms with van der Waals surface area (Å²) in [6.07, 6.45) is -1.21. The summed E-state index contributed by atoms with van der Waals surface area (Å²) < 4.78 is 28.4. The lowest BCUT2D eigenvalue weighted by atomic mass is 10.0. The normalized spacial score (nSPS) is 34.0. The molecule has 2 saturated heterocycles. The van der Waals surface area contributed by atoms with Crippen LogP contribution in [-0.4, -0.2) is 93.8 Å². The molecule has 0 bridgehead atoms. The number of hydrogen-bond donors (Lipinski definition) is 4. The number of unbranched alkanes of at least 4 members (excludes halogenated alkanes) is 2. The molecule has 0 amide bonds. The molecular weight excluding hydrogens is 488 g/mol. The number of aliphatic carboxylic acids is 1. The number of carbonyl (C=O) groups excluding carboxylic acids is 1. The van der Waals surface area contributed by atoms with Crippen LogP contribution < -0.4 is 0 Å². The summed E-state index contributed by atoms with van der Waals surface area (Å²) in [4.78, 5) is 22.9. The molecule has 216 valence electrons. The standard InChI is InChI=1S/C26H46O11/c1-15(9-5-7-11-23(30)31)34-26-21(29)14-22(18(4)36-26)37-24(32)12-8-6-10-16(2)33-25-20(28)13-19(27)17(3)35-25/h15-22,25-29H,5-14H2,1-4H3,(H,30,31)/t15-,16-,17?,18?,19-,20+,21+,22-,25-,26-/m1/s1. The summed E-state index contributed by atoms with van der Waals surface area (Å²) in [5, 5.41) is 38.9. The van der Waals surface area contributed by atoms with Gasteiger partial charge in [0.25, 0.3) is 0 Å². The first-order valence-electron chi connectivity index (χ1n) is 13.5. The molecule has 0 saturated carbocycles. The maximum absolute atomic E-state index is 12.3. The Kier molecular flexibility index (Phi) is 13.7. The van der Waals surface area contributed by atoms with Gasteiger partial charge in [-0.05, 0) is 53.4 Å². The summed E-state index contributed by atoms with van der Waals surface area (Å²) in [7, 11) is 0. The molecule has 11 heteroatoms. The molecule has 2 fully saturated rings. The number of esters is 1. The first-order chi connectivity index (χ1) is 17.5. The van der Waals surface area contributed by atoms with Crippen LogP contribution >= 0.6 is 0 Å². The van der Waals surface area contributed by atoms with Crippen LogP contribution in [0.1, 0.15) is 91.9 Å². The fourth-order valence-corrected chi connectivity index (χ4v) is 4.49. The Labute approximate surface area is 219 Å². The highest BCUT2D eigenvalue weighted by Gasteiger charge is 2.38. The summed E-state index contributed by atoms with van der Waals surface area (Å²) >= 11 is 0. The van der Waals surface area contributed by atoms with Gasteiger partial charge in [0.1, 0.15) is 18.3 Å². The quantitative estimate of drug-likeness (QED) is 0.180. The minimum atomic E-state index is -0.936. The Bertz CT molecular complexity index is 689. The molecule has 0 aromatic carbocycles. The third kappa shape index (κ3) is 11.5. The van der Waals surface area contributed by atoms with Crippen molar-refractivity contribution in [3.05, 3.63) is 0 Å². The number of ether oxygens (including phenoxy) is 5. The van der Waals surface area contributed by atoms with Crippen LogP contribution in [0.2, 0.25) is 0 Å². The molecule has 0 radical (unpaired) electrons. The maximum atomic E-state index is 12.3. The van der Waals surface area contributed by atoms with Crippen molar-refractivity contribution < 1.29 is 53.7 Å². The third-order valence-corrected chi connectivity index (χ3v) is 6.86. The van der Waals surface area contributed by atoms with Crippen molar-refractivity contribution in [2.75, 3.05) is 0 Å². The van der Waals surface area contributed by atoms with Crippen molar-refractivity contribution in [2.24, 2.45) is 0 Å². The van der Waals surface area contributed by atoms with Crippen LogP contribution in [0.4, 0.5) is 0 Å². The Morgan fingerprint density at radius 1 is 0.784 bits per heavy atom. The minimum absolute atomic E-state index is 0.122. The van der Waals surface area contributed by atoms with Crippen LogP contribution in [0, 0.1) is 0 Å². The zero-order valence-corrected chi connectivity index (χ0v) is 22.5. The van der Waals surface area contributed by atoms with E-state index in [1.54, 1.807) is 13.8 Å². The Morgan fingerprint density at radius 3 is 1.86 bits per heavy atom. The van der Waals surface area contributed by atoms with Crippen LogP contribution in [0.15, 0.2) is 0 Å². The molecule has 2 aliphatic rings. The van der Waals surface area contributed by atoms with Crippen molar-refractivity contribution in [1.29, 1.82) is 0 Å². The molecule has 2 rings (SSSR count). The fourth-order valence-electron chi connectivity index (χ4n) is 4.49. The van der Waals surface area contributed by atoms with E-state index in [1.807, 2.05) is 13.8 Å². The van der Waals surface area contributed by atoms with Gasteiger partial charge in [-0.25, -0.2) is 0 Å². The largest absolute Gasteiger partial charge is 0.481 e. The average molecular weight is 535 g/mol. The second-order valence-corrected chi connectivity index (χ2v) is 10.4. The van der Waals surface area contributed by atoms with Crippen molar-refractivity contribution >= 4 is 11.9 Å². The fraction of sp³-hybridized carbons (Fsp3) is 0.923. The maximum Gasteiger partial charge on any atom is 0.306 e. The Morgan fingerprint density at radius 2 is 1.30 bits per heavy atom. The van der Waals surface area contributed by atoms with Gasteiger partial charge in [-0.3, -0.25) is 9.59 Å². The van der Waals surface area contributed by atoms with E-state index in [0.717, 1.165) is 6.42 Å². The monoisotopic (exact) mass is 534 g/mol. The summed E-state index contributed by atoms with van der Waals surface area (Å²) in [5.74, 6) is -1.18. The van der Waals surface area contributed by atoms with Gasteiger partial charge in [0.15, 0.2) is 12.6 Å². The van der Waals surface area contributed by atoms with E-state index in [1.165, 1.54) is 0 Å². The highest BCUT2D eigenvalue weighted by molar-refractivity contribution is 5.69. The molecule has 0 aromatic heterocycles. The van der Waals surface area contributed by atoms with Crippen molar-refractivity contribution in [2.45, 2.75) is 153 Å². The Balaban J connectivity index is 1.61. The van der Waals surface area contributed by atoms with Gasteiger partial charge in [-0.2, -0.15) is 0 Å². The second kappa shape index (κ2) is 15.9. The molecule has 37 heavy (non-hydrogen) atoms. The molecule has 0 aromatic rings. The van der Waals surface area contributed by atoms with Gasteiger partial charge >= 0.3 is 11.9 Å². The molecule has 10 atom stereocenters. The van der Waals surface area contributed by atoms with Gasteiger partial charge in [0, 0.05) is 25.7 Å². The first-order valence-corrected chi connectivity index (χ1v) is 13.5. The number of hydrogen-bond acceptors (Lipinski definition) is 10. The summed E-state index contributed by atoms with van der Waals surface area (Å²) in [6.45, 7) is 7.25. The number of aliphatic hydroxyl groups excluding tert-OH is 3. The van der Waals surface area contributed by atoms with E-state index in [0.29, 0.717) is 32.1 Å². The second-order valence-electron chi connectivity index (χ2n) is 10.4. The molecule has 4 N–H and O–H groups in total. The molecule has 0 aliphatic carbocycles. The van der Waals surface area contributed by atoms with Crippen LogP contribution in [0.25, 0.3) is 0 Å². The van der Waals surface area contributed by atoms with Crippen molar-refractivity contribution in [3.63, 3.8) is 0 Å². The molecule has 0 spiro atoms. The molecule has 2 heterocycles. The average Bonchev–Trinajstić information content (AvgIpc) is 2.81. The number of carbonyl (C=O) groups is 2. The van der Waals surface area contributed by atoms with Crippen LogP contribution in [0.5, 0.6) is 0 Å². The van der Waals surface area contributed by atoms with Gasteiger partial charge in [0.2, 0.25) is 0 Å². The van der Waals surface area contributed by atoms with E-state index >= 15 is 0 Å². The predicted molar refractivity (Wildman–Crippen MR) is 131 cm³/mol. The number of carboxylic acids is 1. The summed E-state index contributed by atoms with van der Waals surface area (Å²) in [6, 6.07) is 0. The lowest BCUT2D eigenvalue weighted by Crippen LogP contribution is -2.49. The zero-order valence-electron chi connectivity index (χ0n) is 22.5. The van der Waals surface area contributed by atoms with E-state index in [9.17, 15) is 24.9 Å². The van der Waals surface area contributed by atoms with Gasteiger partial charge in [-0.1, -0.05) is 12.8 Å². The zero-order chi connectivity index (χ0) is 27.5. The molecular formula is C26H46O11. The highest BCUT2D eigenvalue weighted by atomic mass is 16.7. The highest BCUT2D eigenvalue weighted by Crippen LogP contribution is 2.26. The van der Waals surface area contributed by atoms with Gasteiger partial charge < -0.3 is 44.1 Å².